The Morgan fingerprint density at radius 3 is 2.64 bits per heavy atom. The van der Waals surface area contributed by atoms with Gasteiger partial charge in [0.2, 0.25) is 0 Å². The molecule has 6 nitrogen and oxygen atoms in total. The number of carbonyl (C=O) groups is 1. The number of carbonyl (C=O) groups excluding carboxylic acids is 1. The maximum atomic E-state index is 12.5. The van der Waals surface area contributed by atoms with E-state index in [-0.39, 0.29) is 5.91 Å². The van der Waals surface area contributed by atoms with E-state index in [2.05, 4.69) is 15.3 Å². The van der Waals surface area contributed by atoms with E-state index in [1.807, 2.05) is 72.2 Å². The molecule has 2 heterocycles. The third-order valence-corrected chi connectivity index (χ3v) is 3.83. The van der Waals surface area contributed by atoms with Gasteiger partial charge in [0.25, 0.3) is 5.91 Å². The zero-order valence-corrected chi connectivity index (χ0v) is 14.4. The third kappa shape index (κ3) is 4.03. The number of rotatable bonds is 6. The van der Waals surface area contributed by atoms with Crippen molar-refractivity contribution in [3.05, 3.63) is 66.7 Å². The summed E-state index contributed by atoms with van der Waals surface area (Å²) in [5, 5.41) is 2.94. The Labute approximate surface area is 147 Å². The maximum absolute atomic E-state index is 12.5. The van der Waals surface area contributed by atoms with Crippen molar-refractivity contribution >= 4 is 11.7 Å². The Balaban J connectivity index is 1.76. The summed E-state index contributed by atoms with van der Waals surface area (Å²) in [5.41, 5.74) is 2.44. The Morgan fingerprint density at radius 1 is 1.16 bits per heavy atom. The lowest BCUT2D eigenvalue weighted by Crippen LogP contribution is -2.29. The minimum Gasteiger partial charge on any atom is -0.362 e. The summed E-state index contributed by atoms with van der Waals surface area (Å²) in [6.07, 6.45) is 5.32. The number of imidazole rings is 1. The molecular weight excluding hydrogens is 314 g/mol. The first-order valence-corrected chi connectivity index (χ1v) is 8.13. The average Bonchev–Trinajstić information content (AvgIpc) is 3.15. The van der Waals surface area contributed by atoms with Gasteiger partial charge in [-0.25, -0.2) is 9.97 Å². The summed E-state index contributed by atoms with van der Waals surface area (Å²) >= 11 is 0. The van der Waals surface area contributed by atoms with Crippen LogP contribution in [0.1, 0.15) is 10.4 Å². The molecule has 0 aliphatic rings. The van der Waals surface area contributed by atoms with Crippen molar-refractivity contribution in [2.24, 2.45) is 0 Å². The largest absolute Gasteiger partial charge is 0.362 e. The molecule has 0 fully saturated rings. The van der Waals surface area contributed by atoms with Gasteiger partial charge in [-0.05, 0) is 12.1 Å². The van der Waals surface area contributed by atoms with Crippen molar-refractivity contribution in [1.29, 1.82) is 0 Å². The molecule has 3 aromatic rings. The van der Waals surface area contributed by atoms with Crippen LogP contribution in [0.15, 0.2) is 61.2 Å². The molecule has 128 valence electrons. The number of hydrogen-bond donors (Lipinski definition) is 1. The molecule has 3 rings (SSSR count). The van der Waals surface area contributed by atoms with Crippen LogP contribution in [0.2, 0.25) is 0 Å². The topological polar surface area (TPSA) is 63.1 Å². The van der Waals surface area contributed by atoms with Gasteiger partial charge >= 0.3 is 0 Å². The van der Waals surface area contributed by atoms with E-state index in [9.17, 15) is 4.79 Å². The normalized spacial score (nSPS) is 10.5. The maximum Gasteiger partial charge on any atom is 0.255 e. The van der Waals surface area contributed by atoms with Gasteiger partial charge in [-0.2, -0.15) is 0 Å². The second kappa shape index (κ2) is 7.61. The lowest BCUT2D eigenvalue weighted by Gasteiger charge is -2.17. The van der Waals surface area contributed by atoms with Crippen LogP contribution < -0.4 is 10.2 Å². The van der Waals surface area contributed by atoms with Crippen molar-refractivity contribution in [2.45, 2.75) is 6.54 Å². The van der Waals surface area contributed by atoms with Crippen LogP contribution in [0.5, 0.6) is 0 Å². The number of anilines is 1. The summed E-state index contributed by atoms with van der Waals surface area (Å²) < 4.78 is 1.92. The minimum absolute atomic E-state index is 0.129. The highest BCUT2D eigenvalue weighted by molar-refractivity contribution is 5.99. The Morgan fingerprint density at radius 2 is 1.96 bits per heavy atom. The highest BCUT2D eigenvalue weighted by Gasteiger charge is 2.15. The number of benzene rings is 1. The molecule has 1 amide bonds. The molecule has 0 saturated heterocycles. The molecule has 0 unspecified atom stereocenters. The number of pyridine rings is 1. The lowest BCUT2D eigenvalue weighted by atomic mass is 10.1. The monoisotopic (exact) mass is 335 g/mol. The van der Waals surface area contributed by atoms with Crippen molar-refractivity contribution in [3.63, 3.8) is 0 Å². The fraction of sp³-hybridized carbons (Fsp3) is 0.211. The summed E-state index contributed by atoms with van der Waals surface area (Å²) in [5.74, 6) is 0.525. The summed E-state index contributed by atoms with van der Waals surface area (Å²) in [7, 11) is 3.78. The molecule has 1 aromatic carbocycles. The number of nitrogens with zero attached hydrogens (tertiary/aromatic N) is 4. The van der Waals surface area contributed by atoms with Gasteiger partial charge in [-0.1, -0.05) is 30.3 Å². The Kier molecular flexibility index (Phi) is 5.09. The van der Waals surface area contributed by atoms with Crippen molar-refractivity contribution < 1.29 is 4.79 Å². The van der Waals surface area contributed by atoms with Crippen LogP contribution in [-0.4, -0.2) is 41.1 Å². The van der Waals surface area contributed by atoms with Gasteiger partial charge < -0.3 is 14.8 Å². The molecule has 0 aliphatic heterocycles. The van der Waals surface area contributed by atoms with Crippen LogP contribution in [0.4, 0.5) is 5.82 Å². The second-order valence-electron chi connectivity index (χ2n) is 5.88. The summed E-state index contributed by atoms with van der Waals surface area (Å²) in [6, 6.07) is 13.6. The second-order valence-corrected chi connectivity index (χ2v) is 5.88. The standard InChI is InChI=1S/C19H21N5O/c1-23(2)18-16(19(25)21-11-13-24-12-10-20-14-24)8-9-17(22-18)15-6-4-3-5-7-15/h3-10,12,14H,11,13H2,1-2H3,(H,21,25). The van der Waals surface area contributed by atoms with E-state index in [1.54, 1.807) is 12.5 Å². The van der Waals surface area contributed by atoms with Gasteiger partial charge in [0.05, 0.1) is 17.6 Å². The Bertz CT molecular complexity index is 828. The molecule has 0 aliphatic carbocycles. The molecule has 1 N–H and O–H groups in total. The van der Waals surface area contributed by atoms with Crippen LogP contribution in [0.3, 0.4) is 0 Å². The Hall–Kier alpha value is -3.15. The first-order valence-electron chi connectivity index (χ1n) is 8.13. The molecule has 0 radical (unpaired) electrons. The zero-order valence-electron chi connectivity index (χ0n) is 14.4. The van der Waals surface area contributed by atoms with E-state index in [4.69, 9.17) is 0 Å². The van der Waals surface area contributed by atoms with Crippen LogP contribution in [0, 0.1) is 0 Å². The van der Waals surface area contributed by atoms with Gasteiger partial charge in [0, 0.05) is 45.1 Å². The van der Waals surface area contributed by atoms with E-state index < -0.39 is 0 Å². The SMILES string of the molecule is CN(C)c1nc(-c2ccccc2)ccc1C(=O)NCCn1ccnc1. The van der Waals surface area contributed by atoms with Crippen molar-refractivity contribution in [2.75, 3.05) is 25.5 Å². The van der Waals surface area contributed by atoms with Gasteiger partial charge in [0.1, 0.15) is 5.82 Å². The molecular formula is C19H21N5O. The van der Waals surface area contributed by atoms with E-state index in [1.165, 1.54) is 0 Å². The molecule has 0 saturated carbocycles. The average molecular weight is 335 g/mol. The molecule has 2 aromatic heterocycles. The number of aromatic nitrogens is 3. The lowest BCUT2D eigenvalue weighted by molar-refractivity contribution is 0.0952. The van der Waals surface area contributed by atoms with Gasteiger partial charge in [-0.15, -0.1) is 0 Å². The minimum atomic E-state index is -0.129. The fourth-order valence-corrected chi connectivity index (χ4v) is 2.55. The number of hydrogen-bond acceptors (Lipinski definition) is 4. The predicted molar refractivity (Wildman–Crippen MR) is 98.6 cm³/mol. The first kappa shape index (κ1) is 16.7. The third-order valence-electron chi connectivity index (χ3n) is 3.83. The van der Waals surface area contributed by atoms with Crippen molar-refractivity contribution in [3.8, 4) is 11.3 Å². The van der Waals surface area contributed by atoms with E-state index in [0.717, 1.165) is 11.3 Å². The van der Waals surface area contributed by atoms with Crippen LogP contribution in [0.25, 0.3) is 11.3 Å². The molecule has 0 bridgehead atoms. The highest BCUT2D eigenvalue weighted by Crippen LogP contribution is 2.23. The van der Waals surface area contributed by atoms with Crippen molar-refractivity contribution in [1.82, 2.24) is 19.9 Å². The number of amides is 1. The predicted octanol–water partition coefficient (Wildman–Crippen LogP) is 2.44. The molecule has 6 heteroatoms. The van der Waals surface area contributed by atoms with E-state index in [0.29, 0.717) is 24.5 Å². The van der Waals surface area contributed by atoms with Gasteiger partial charge in [0.15, 0.2) is 0 Å². The van der Waals surface area contributed by atoms with Gasteiger partial charge in [-0.3, -0.25) is 4.79 Å². The smallest absolute Gasteiger partial charge is 0.255 e. The van der Waals surface area contributed by atoms with E-state index >= 15 is 0 Å². The van der Waals surface area contributed by atoms with Crippen LogP contribution in [-0.2, 0) is 6.54 Å². The summed E-state index contributed by atoms with van der Waals surface area (Å²) in [6.45, 7) is 1.21. The summed E-state index contributed by atoms with van der Waals surface area (Å²) in [4.78, 5) is 23.1. The number of nitrogens with one attached hydrogen (secondary N) is 1. The first-order chi connectivity index (χ1) is 12.1. The molecule has 0 atom stereocenters. The quantitative estimate of drug-likeness (QED) is 0.751. The molecule has 0 spiro atoms. The molecule has 25 heavy (non-hydrogen) atoms. The fourth-order valence-electron chi connectivity index (χ4n) is 2.55. The zero-order chi connectivity index (χ0) is 17.6. The highest BCUT2D eigenvalue weighted by atomic mass is 16.1. The van der Waals surface area contributed by atoms with Crippen LogP contribution >= 0.6 is 0 Å².